The number of imide groups is 1. The molecule has 3 rings (SSSR count). The molecule has 0 unspecified atom stereocenters. The minimum absolute atomic E-state index is 0. The average Bonchev–Trinajstić information content (AvgIpc) is 3.09. The Morgan fingerprint density at radius 1 is 1.21 bits per heavy atom. The lowest BCUT2D eigenvalue weighted by molar-refractivity contribution is -0.133. The molecular weight excluding hydrogens is 332 g/mol. The number of benzene rings is 1. The molecule has 1 aliphatic heterocycles. The van der Waals surface area contributed by atoms with Gasteiger partial charge >= 0.3 is 6.03 Å². The predicted molar refractivity (Wildman–Crippen MR) is 91.7 cm³/mol. The number of carbonyl (C=O) groups excluding carboxylic acids is 3. The molecule has 1 heterocycles. The van der Waals surface area contributed by atoms with Crippen LogP contribution in [0.2, 0.25) is 0 Å². The van der Waals surface area contributed by atoms with E-state index in [4.69, 9.17) is 5.73 Å². The lowest BCUT2D eigenvalue weighted by Gasteiger charge is -2.19. The molecule has 1 saturated carbocycles. The Morgan fingerprint density at radius 3 is 2.42 bits per heavy atom. The van der Waals surface area contributed by atoms with Crippen LogP contribution in [0.1, 0.15) is 31.2 Å². The fourth-order valence-corrected chi connectivity index (χ4v) is 3.21. The summed E-state index contributed by atoms with van der Waals surface area (Å²) in [5, 5.41) is 5.44. The highest BCUT2D eigenvalue weighted by Gasteiger charge is 2.52. The van der Waals surface area contributed by atoms with Gasteiger partial charge in [0.1, 0.15) is 12.1 Å². The lowest BCUT2D eigenvalue weighted by Crippen LogP contribution is -2.44. The van der Waals surface area contributed by atoms with Crippen molar-refractivity contribution >= 4 is 35.9 Å². The Morgan fingerprint density at radius 2 is 1.83 bits per heavy atom. The number of halogens is 1. The number of nitrogens with one attached hydrogen (secondary N) is 2. The van der Waals surface area contributed by atoms with Crippen molar-refractivity contribution in [3.63, 3.8) is 0 Å². The van der Waals surface area contributed by atoms with Crippen LogP contribution in [0.4, 0.5) is 10.5 Å². The van der Waals surface area contributed by atoms with E-state index in [0.29, 0.717) is 25.1 Å². The minimum atomic E-state index is -0.778. The molecule has 24 heavy (non-hydrogen) atoms. The van der Waals surface area contributed by atoms with Gasteiger partial charge in [0.15, 0.2) is 0 Å². The first-order valence-corrected chi connectivity index (χ1v) is 7.77. The third-order valence-corrected chi connectivity index (χ3v) is 4.48. The van der Waals surface area contributed by atoms with Crippen molar-refractivity contribution in [2.24, 2.45) is 5.73 Å². The van der Waals surface area contributed by atoms with Crippen LogP contribution in [0.3, 0.4) is 0 Å². The standard InChI is InChI=1S/C16H20N4O3.ClH/c17-9-11-3-5-12(6-4-11)18-13(21)10-20-14(22)16(19-15(20)23)7-1-2-8-16;/h3-6H,1-2,7-10,17H2,(H,18,21)(H,19,23);1H. The van der Waals surface area contributed by atoms with E-state index in [1.54, 1.807) is 12.1 Å². The van der Waals surface area contributed by atoms with Gasteiger partial charge in [-0.2, -0.15) is 0 Å². The van der Waals surface area contributed by atoms with Crippen molar-refractivity contribution < 1.29 is 14.4 Å². The van der Waals surface area contributed by atoms with Gasteiger partial charge in [-0.1, -0.05) is 25.0 Å². The van der Waals surface area contributed by atoms with E-state index in [9.17, 15) is 14.4 Å². The quantitative estimate of drug-likeness (QED) is 0.712. The number of amides is 4. The maximum Gasteiger partial charge on any atom is 0.325 e. The van der Waals surface area contributed by atoms with Crippen molar-refractivity contribution in [3.05, 3.63) is 29.8 Å². The Kier molecular flexibility index (Phi) is 5.46. The number of hydrogen-bond acceptors (Lipinski definition) is 4. The van der Waals surface area contributed by atoms with Crippen LogP contribution >= 0.6 is 12.4 Å². The molecule has 0 bridgehead atoms. The molecule has 0 aromatic heterocycles. The van der Waals surface area contributed by atoms with E-state index in [2.05, 4.69) is 10.6 Å². The summed E-state index contributed by atoms with van der Waals surface area (Å²) < 4.78 is 0. The van der Waals surface area contributed by atoms with Crippen LogP contribution in [-0.2, 0) is 16.1 Å². The zero-order chi connectivity index (χ0) is 16.4. The maximum absolute atomic E-state index is 12.5. The van der Waals surface area contributed by atoms with E-state index in [1.165, 1.54) is 0 Å². The topological polar surface area (TPSA) is 105 Å². The smallest absolute Gasteiger partial charge is 0.325 e. The summed E-state index contributed by atoms with van der Waals surface area (Å²) >= 11 is 0. The third-order valence-electron chi connectivity index (χ3n) is 4.48. The number of nitrogens with zero attached hydrogens (tertiary/aromatic N) is 1. The van der Waals surface area contributed by atoms with Crippen LogP contribution in [0.5, 0.6) is 0 Å². The molecular formula is C16H21ClN4O3. The molecule has 7 nitrogen and oxygen atoms in total. The molecule has 2 aliphatic rings. The molecule has 0 radical (unpaired) electrons. The summed E-state index contributed by atoms with van der Waals surface area (Å²) in [7, 11) is 0. The fraction of sp³-hybridized carbons (Fsp3) is 0.438. The van der Waals surface area contributed by atoms with Gasteiger partial charge in [-0.3, -0.25) is 14.5 Å². The van der Waals surface area contributed by atoms with Gasteiger partial charge in [-0.15, -0.1) is 12.4 Å². The Bertz CT molecular complexity index is 641. The molecule has 8 heteroatoms. The summed E-state index contributed by atoms with van der Waals surface area (Å²) in [5.41, 5.74) is 6.31. The highest BCUT2D eigenvalue weighted by atomic mass is 35.5. The largest absolute Gasteiger partial charge is 0.326 e. The van der Waals surface area contributed by atoms with Gasteiger partial charge in [0.2, 0.25) is 5.91 Å². The first kappa shape index (κ1) is 18.2. The first-order valence-electron chi connectivity index (χ1n) is 7.77. The molecule has 1 saturated heterocycles. The second kappa shape index (κ2) is 7.19. The van der Waals surface area contributed by atoms with Crippen LogP contribution in [0.25, 0.3) is 0 Å². The van der Waals surface area contributed by atoms with E-state index < -0.39 is 17.5 Å². The van der Waals surface area contributed by atoms with E-state index in [-0.39, 0.29) is 24.9 Å². The van der Waals surface area contributed by atoms with E-state index >= 15 is 0 Å². The minimum Gasteiger partial charge on any atom is -0.326 e. The Labute approximate surface area is 146 Å². The van der Waals surface area contributed by atoms with Gasteiger partial charge in [-0.05, 0) is 30.5 Å². The van der Waals surface area contributed by atoms with Crippen molar-refractivity contribution in [1.82, 2.24) is 10.2 Å². The number of hydrogen-bond donors (Lipinski definition) is 3. The number of nitrogens with two attached hydrogens (primary N) is 1. The number of carbonyl (C=O) groups is 3. The zero-order valence-corrected chi connectivity index (χ0v) is 14.0. The van der Waals surface area contributed by atoms with Gasteiger partial charge in [-0.25, -0.2) is 4.79 Å². The van der Waals surface area contributed by atoms with Crippen LogP contribution in [0.15, 0.2) is 24.3 Å². The third kappa shape index (κ3) is 3.37. The molecule has 0 atom stereocenters. The number of urea groups is 1. The van der Waals surface area contributed by atoms with Gasteiger partial charge in [0.25, 0.3) is 5.91 Å². The van der Waals surface area contributed by atoms with Crippen molar-refractivity contribution in [2.45, 2.75) is 37.8 Å². The maximum atomic E-state index is 12.5. The van der Waals surface area contributed by atoms with Crippen LogP contribution < -0.4 is 16.4 Å². The molecule has 1 spiro atoms. The van der Waals surface area contributed by atoms with Crippen LogP contribution in [-0.4, -0.2) is 34.8 Å². The van der Waals surface area contributed by atoms with Gasteiger partial charge < -0.3 is 16.4 Å². The normalized spacial score (nSPS) is 18.5. The second-order valence-corrected chi connectivity index (χ2v) is 6.06. The fourth-order valence-electron chi connectivity index (χ4n) is 3.21. The van der Waals surface area contributed by atoms with Gasteiger partial charge in [0, 0.05) is 12.2 Å². The molecule has 4 N–H and O–H groups in total. The predicted octanol–water partition coefficient (Wildman–Crippen LogP) is 1.37. The zero-order valence-electron chi connectivity index (χ0n) is 13.2. The molecule has 1 aliphatic carbocycles. The second-order valence-electron chi connectivity index (χ2n) is 6.06. The van der Waals surface area contributed by atoms with Gasteiger partial charge in [0.05, 0.1) is 0 Å². The lowest BCUT2D eigenvalue weighted by atomic mass is 9.98. The number of rotatable bonds is 4. The summed E-state index contributed by atoms with van der Waals surface area (Å²) in [6.45, 7) is 0.157. The molecule has 1 aromatic carbocycles. The molecule has 2 fully saturated rings. The SMILES string of the molecule is Cl.NCc1ccc(NC(=O)CN2C(=O)NC3(CCCC3)C2=O)cc1. The average molecular weight is 353 g/mol. The molecule has 4 amide bonds. The summed E-state index contributed by atoms with van der Waals surface area (Å²) in [5.74, 6) is -0.683. The number of anilines is 1. The van der Waals surface area contributed by atoms with E-state index in [1.807, 2.05) is 12.1 Å². The van der Waals surface area contributed by atoms with Crippen molar-refractivity contribution in [3.8, 4) is 0 Å². The van der Waals surface area contributed by atoms with Crippen molar-refractivity contribution in [2.75, 3.05) is 11.9 Å². The highest BCUT2D eigenvalue weighted by Crippen LogP contribution is 2.34. The Hall–Kier alpha value is -2.12. The molecule has 1 aromatic rings. The Balaban J connectivity index is 0.00000208. The first-order chi connectivity index (χ1) is 11.0. The van der Waals surface area contributed by atoms with Crippen molar-refractivity contribution in [1.29, 1.82) is 0 Å². The monoisotopic (exact) mass is 352 g/mol. The van der Waals surface area contributed by atoms with Crippen LogP contribution in [0, 0.1) is 0 Å². The molecule has 130 valence electrons. The van der Waals surface area contributed by atoms with E-state index in [0.717, 1.165) is 23.3 Å². The summed E-state index contributed by atoms with van der Waals surface area (Å²) in [6, 6.07) is 6.63. The summed E-state index contributed by atoms with van der Waals surface area (Å²) in [6.07, 6.45) is 3.13. The highest BCUT2D eigenvalue weighted by molar-refractivity contribution is 6.10. The summed E-state index contributed by atoms with van der Waals surface area (Å²) in [4.78, 5) is 37.6.